The SMILES string of the molecule is c1cc2c(c(N3CCn4ccnc4C3)c1)NCCC2. The average molecular weight is 254 g/mol. The van der Waals surface area contributed by atoms with Crippen molar-refractivity contribution in [2.75, 3.05) is 23.3 Å². The molecule has 0 radical (unpaired) electrons. The largest absolute Gasteiger partial charge is 0.383 e. The summed E-state index contributed by atoms with van der Waals surface area (Å²) < 4.78 is 2.25. The second-order valence-corrected chi connectivity index (χ2v) is 5.30. The van der Waals surface area contributed by atoms with Crippen LogP contribution in [0.25, 0.3) is 0 Å². The smallest absolute Gasteiger partial charge is 0.128 e. The second kappa shape index (κ2) is 4.30. The molecule has 0 amide bonds. The zero-order valence-corrected chi connectivity index (χ0v) is 11.0. The standard InChI is InChI=1S/C15H18N4/c1-3-12-4-2-6-17-15(12)13(5-1)19-10-9-18-8-7-16-14(18)11-19/h1,3,5,7-8,17H,2,4,6,9-11H2. The minimum Gasteiger partial charge on any atom is -0.383 e. The molecule has 4 rings (SSSR count). The van der Waals surface area contributed by atoms with Crippen LogP contribution in [-0.2, 0) is 19.5 Å². The highest BCUT2D eigenvalue weighted by Crippen LogP contribution is 2.34. The summed E-state index contributed by atoms with van der Waals surface area (Å²) in [5.41, 5.74) is 4.14. The van der Waals surface area contributed by atoms with Crippen LogP contribution >= 0.6 is 0 Å². The van der Waals surface area contributed by atoms with Crippen LogP contribution in [0.2, 0.25) is 0 Å². The molecule has 19 heavy (non-hydrogen) atoms. The number of rotatable bonds is 1. The number of benzene rings is 1. The number of anilines is 2. The van der Waals surface area contributed by atoms with Gasteiger partial charge in [0.05, 0.1) is 17.9 Å². The molecule has 2 aliphatic heterocycles. The second-order valence-electron chi connectivity index (χ2n) is 5.30. The normalized spacial score (nSPS) is 17.6. The van der Waals surface area contributed by atoms with Gasteiger partial charge >= 0.3 is 0 Å². The molecule has 1 aromatic heterocycles. The number of para-hydroxylation sites is 1. The summed E-state index contributed by atoms with van der Waals surface area (Å²) in [6, 6.07) is 6.66. The van der Waals surface area contributed by atoms with Gasteiger partial charge in [0, 0.05) is 32.0 Å². The van der Waals surface area contributed by atoms with Crippen LogP contribution in [0.3, 0.4) is 0 Å². The number of nitrogens with zero attached hydrogens (tertiary/aromatic N) is 3. The topological polar surface area (TPSA) is 33.1 Å². The van der Waals surface area contributed by atoms with Gasteiger partial charge in [0.2, 0.25) is 0 Å². The van der Waals surface area contributed by atoms with Crippen LogP contribution in [0.4, 0.5) is 11.4 Å². The number of fused-ring (bicyclic) bond motifs is 2. The molecule has 0 saturated carbocycles. The lowest BCUT2D eigenvalue weighted by atomic mass is 10.0. The Morgan fingerprint density at radius 1 is 1.21 bits per heavy atom. The minimum atomic E-state index is 0.908. The van der Waals surface area contributed by atoms with Gasteiger partial charge in [-0.25, -0.2) is 4.98 Å². The fourth-order valence-corrected chi connectivity index (χ4v) is 3.13. The predicted octanol–water partition coefficient (Wildman–Crippen LogP) is 2.26. The number of hydrogen-bond acceptors (Lipinski definition) is 3. The fraction of sp³-hybridized carbons (Fsp3) is 0.400. The Bertz CT molecular complexity index is 602. The van der Waals surface area contributed by atoms with Gasteiger partial charge in [-0.15, -0.1) is 0 Å². The number of aryl methyl sites for hydroxylation is 1. The van der Waals surface area contributed by atoms with E-state index in [9.17, 15) is 0 Å². The molecule has 2 aliphatic rings. The Balaban J connectivity index is 1.70. The van der Waals surface area contributed by atoms with Crippen molar-refractivity contribution in [2.24, 2.45) is 0 Å². The van der Waals surface area contributed by atoms with Gasteiger partial charge in [-0.3, -0.25) is 0 Å². The van der Waals surface area contributed by atoms with Crippen molar-refractivity contribution in [1.29, 1.82) is 0 Å². The molecule has 0 atom stereocenters. The predicted molar refractivity (Wildman–Crippen MR) is 76.5 cm³/mol. The van der Waals surface area contributed by atoms with Gasteiger partial charge in [0.15, 0.2) is 0 Å². The average Bonchev–Trinajstić information content (AvgIpc) is 2.94. The molecule has 0 spiro atoms. The van der Waals surface area contributed by atoms with Gasteiger partial charge in [-0.05, 0) is 24.5 Å². The lowest BCUT2D eigenvalue weighted by Crippen LogP contribution is -2.34. The van der Waals surface area contributed by atoms with Gasteiger partial charge < -0.3 is 14.8 Å². The Hall–Kier alpha value is -1.97. The quantitative estimate of drug-likeness (QED) is 0.847. The first kappa shape index (κ1) is 10.9. The van der Waals surface area contributed by atoms with Gasteiger partial charge in [-0.2, -0.15) is 0 Å². The maximum atomic E-state index is 4.45. The third-order valence-corrected chi connectivity index (χ3v) is 4.14. The van der Waals surface area contributed by atoms with Crippen LogP contribution in [0, 0.1) is 0 Å². The van der Waals surface area contributed by atoms with E-state index in [1.54, 1.807) is 0 Å². The van der Waals surface area contributed by atoms with Crippen molar-refractivity contribution in [1.82, 2.24) is 9.55 Å². The molecule has 1 N–H and O–H groups in total. The molecule has 0 saturated heterocycles. The van der Waals surface area contributed by atoms with Gasteiger partial charge in [-0.1, -0.05) is 12.1 Å². The third kappa shape index (κ3) is 1.79. The van der Waals surface area contributed by atoms with E-state index in [0.717, 1.165) is 26.2 Å². The van der Waals surface area contributed by atoms with Crippen molar-refractivity contribution < 1.29 is 0 Å². The number of hydrogen-bond donors (Lipinski definition) is 1. The summed E-state index contributed by atoms with van der Waals surface area (Å²) >= 11 is 0. The maximum Gasteiger partial charge on any atom is 0.128 e. The molecular weight excluding hydrogens is 236 g/mol. The first-order valence-corrected chi connectivity index (χ1v) is 7.02. The molecule has 2 aromatic rings. The number of imidazole rings is 1. The summed E-state index contributed by atoms with van der Waals surface area (Å²) in [5, 5.41) is 3.58. The summed E-state index contributed by atoms with van der Waals surface area (Å²) in [4.78, 5) is 6.89. The van der Waals surface area contributed by atoms with E-state index in [-0.39, 0.29) is 0 Å². The lowest BCUT2D eigenvalue weighted by molar-refractivity contribution is 0.560. The first-order chi connectivity index (χ1) is 9.42. The van der Waals surface area contributed by atoms with Crippen molar-refractivity contribution in [3.63, 3.8) is 0 Å². The fourth-order valence-electron chi connectivity index (χ4n) is 3.13. The van der Waals surface area contributed by atoms with E-state index in [0.29, 0.717) is 0 Å². The highest BCUT2D eigenvalue weighted by Gasteiger charge is 2.21. The number of nitrogens with one attached hydrogen (secondary N) is 1. The van der Waals surface area contributed by atoms with Crippen molar-refractivity contribution in [3.05, 3.63) is 42.0 Å². The Labute approximate surface area is 113 Å². The van der Waals surface area contributed by atoms with Crippen LogP contribution in [-0.4, -0.2) is 22.6 Å². The zero-order valence-electron chi connectivity index (χ0n) is 11.0. The Morgan fingerprint density at radius 2 is 2.21 bits per heavy atom. The van der Waals surface area contributed by atoms with E-state index < -0.39 is 0 Å². The molecule has 0 bridgehead atoms. The summed E-state index contributed by atoms with van der Waals surface area (Å²) in [5.74, 6) is 1.17. The van der Waals surface area contributed by atoms with E-state index in [1.165, 1.54) is 35.6 Å². The van der Waals surface area contributed by atoms with Crippen molar-refractivity contribution in [2.45, 2.75) is 25.9 Å². The zero-order chi connectivity index (χ0) is 12.7. The highest BCUT2D eigenvalue weighted by atomic mass is 15.2. The number of aromatic nitrogens is 2. The molecule has 98 valence electrons. The van der Waals surface area contributed by atoms with Crippen LogP contribution in [0.1, 0.15) is 17.8 Å². The Kier molecular flexibility index (Phi) is 2.47. The van der Waals surface area contributed by atoms with Gasteiger partial charge in [0.1, 0.15) is 5.82 Å². The molecule has 3 heterocycles. The molecular formula is C15H18N4. The van der Waals surface area contributed by atoms with E-state index in [1.807, 2.05) is 6.20 Å². The summed E-state index contributed by atoms with van der Waals surface area (Å²) in [6.07, 6.45) is 6.41. The molecule has 4 heteroatoms. The summed E-state index contributed by atoms with van der Waals surface area (Å²) in [6.45, 7) is 4.08. The first-order valence-electron chi connectivity index (χ1n) is 7.02. The molecule has 1 aromatic carbocycles. The van der Waals surface area contributed by atoms with E-state index >= 15 is 0 Å². The van der Waals surface area contributed by atoms with Crippen LogP contribution < -0.4 is 10.2 Å². The lowest BCUT2D eigenvalue weighted by Gasteiger charge is -2.33. The third-order valence-electron chi connectivity index (χ3n) is 4.14. The molecule has 0 fully saturated rings. The summed E-state index contributed by atoms with van der Waals surface area (Å²) in [7, 11) is 0. The van der Waals surface area contributed by atoms with Crippen molar-refractivity contribution >= 4 is 11.4 Å². The molecule has 0 aliphatic carbocycles. The van der Waals surface area contributed by atoms with E-state index in [2.05, 4.69) is 44.2 Å². The van der Waals surface area contributed by atoms with Crippen LogP contribution in [0.15, 0.2) is 30.6 Å². The van der Waals surface area contributed by atoms with Gasteiger partial charge in [0.25, 0.3) is 0 Å². The van der Waals surface area contributed by atoms with E-state index in [4.69, 9.17) is 0 Å². The van der Waals surface area contributed by atoms with Crippen molar-refractivity contribution in [3.8, 4) is 0 Å². The monoisotopic (exact) mass is 254 g/mol. The molecule has 0 unspecified atom stereocenters. The molecule has 4 nitrogen and oxygen atoms in total. The minimum absolute atomic E-state index is 0.908. The maximum absolute atomic E-state index is 4.45. The Morgan fingerprint density at radius 3 is 3.21 bits per heavy atom. The highest BCUT2D eigenvalue weighted by molar-refractivity contribution is 5.74. The van der Waals surface area contributed by atoms with Crippen LogP contribution in [0.5, 0.6) is 0 Å².